The lowest BCUT2D eigenvalue weighted by Gasteiger charge is -2.27. The Labute approximate surface area is 107 Å². The van der Waals surface area contributed by atoms with Gasteiger partial charge in [0.05, 0.1) is 4.92 Å². The highest BCUT2D eigenvalue weighted by molar-refractivity contribution is 5.48. The molecule has 18 heavy (non-hydrogen) atoms. The van der Waals surface area contributed by atoms with Crippen LogP contribution < -0.4 is 11.1 Å². The van der Waals surface area contributed by atoms with E-state index in [1.54, 1.807) is 6.92 Å². The quantitative estimate of drug-likeness (QED) is 0.598. The van der Waals surface area contributed by atoms with Crippen molar-refractivity contribution in [1.82, 2.24) is 4.98 Å². The lowest BCUT2D eigenvalue weighted by Crippen LogP contribution is -2.45. The van der Waals surface area contributed by atoms with Gasteiger partial charge in [-0.1, -0.05) is 13.8 Å². The van der Waals surface area contributed by atoms with Gasteiger partial charge in [0, 0.05) is 18.2 Å². The van der Waals surface area contributed by atoms with E-state index in [-0.39, 0.29) is 11.2 Å². The number of rotatable bonds is 6. The Morgan fingerprint density at radius 3 is 2.56 bits per heavy atom. The Kier molecular flexibility index (Phi) is 4.61. The molecule has 0 aliphatic rings. The molecule has 1 aromatic rings. The van der Waals surface area contributed by atoms with Gasteiger partial charge in [-0.05, 0) is 25.3 Å². The molecule has 0 aliphatic carbocycles. The summed E-state index contributed by atoms with van der Waals surface area (Å²) in [7, 11) is 0. The van der Waals surface area contributed by atoms with E-state index >= 15 is 0 Å². The molecular weight excluding hydrogens is 232 g/mol. The SMILES string of the molecule is CCC(N)(CC)CNc1ncc([N+](=O)[O-])cc1C. The molecule has 0 radical (unpaired) electrons. The van der Waals surface area contributed by atoms with Crippen molar-refractivity contribution in [2.45, 2.75) is 39.2 Å². The third-order valence-electron chi connectivity index (χ3n) is 3.29. The second-order valence-corrected chi connectivity index (χ2v) is 4.54. The molecule has 3 N–H and O–H groups in total. The summed E-state index contributed by atoms with van der Waals surface area (Å²) < 4.78 is 0. The number of aromatic nitrogens is 1. The third kappa shape index (κ3) is 3.40. The Morgan fingerprint density at radius 1 is 1.50 bits per heavy atom. The summed E-state index contributed by atoms with van der Waals surface area (Å²) in [5.41, 5.74) is 6.66. The molecular formula is C12H20N4O2. The summed E-state index contributed by atoms with van der Waals surface area (Å²) >= 11 is 0. The summed E-state index contributed by atoms with van der Waals surface area (Å²) in [6.07, 6.45) is 2.98. The van der Waals surface area contributed by atoms with Crippen molar-refractivity contribution in [2.24, 2.45) is 5.73 Å². The third-order valence-corrected chi connectivity index (χ3v) is 3.29. The predicted octanol–water partition coefficient (Wildman–Crippen LogP) is 2.23. The van der Waals surface area contributed by atoms with Crippen molar-refractivity contribution >= 4 is 11.5 Å². The Morgan fingerprint density at radius 2 is 2.11 bits per heavy atom. The van der Waals surface area contributed by atoms with Gasteiger partial charge in [0.15, 0.2) is 0 Å². The molecule has 100 valence electrons. The second kappa shape index (κ2) is 5.77. The molecule has 0 saturated heterocycles. The van der Waals surface area contributed by atoms with E-state index in [0.717, 1.165) is 18.4 Å². The molecule has 0 aliphatic heterocycles. The minimum absolute atomic E-state index is 0.00282. The van der Waals surface area contributed by atoms with Crippen LogP contribution in [0.4, 0.5) is 11.5 Å². The minimum Gasteiger partial charge on any atom is -0.368 e. The molecule has 0 bridgehead atoms. The monoisotopic (exact) mass is 252 g/mol. The summed E-state index contributed by atoms with van der Waals surface area (Å²) in [5, 5.41) is 13.8. The van der Waals surface area contributed by atoms with E-state index in [2.05, 4.69) is 10.3 Å². The van der Waals surface area contributed by atoms with Crippen molar-refractivity contribution in [3.8, 4) is 0 Å². The molecule has 1 aromatic heterocycles. The zero-order valence-electron chi connectivity index (χ0n) is 11.1. The van der Waals surface area contributed by atoms with E-state index in [1.165, 1.54) is 12.3 Å². The molecule has 1 rings (SSSR count). The Hall–Kier alpha value is -1.69. The number of aryl methyl sites for hydroxylation is 1. The van der Waals surface area contributed by atoms with E-state index in [9.17, 15) is 10.1 Å². The van der Waals surface area contributed by atoms with Crippen molar-refractivity contribution in [2.75, 3.05) is 11.9 Å². The summed E-state index contributed by atoms with van der Waals surface area (Å²) in [4.78, 5) is 14.2. The van der Waals surface area contributed by atoms with Crippen LogP contribution >= 0.6 is 0 Å². The number of nitrogens with zero attached hydrogens (tertiary/aromatic N) is 2. The van der Waals surface area contributed by atoms with Crippen LogP contribution in [0, 0.1) is 17.0 Å². The maximum Gasteiger partial charge on any atom is 0.287 e. The number of anilines is 1. The van der Waals surface area contributed by atoms with Crippen LogP contribution in [0.2, 0.25) is 0 Å². The molecule has 0 amide bonds. The molecule has 6 heteroatoms. The van der Waals surface area contributed by atoms with Crippen LogP contribution in [0.3, 0.4) is 0 Å². The average Bonchev–Trinajstić information content (AvgIpc) is 2.36. The zero-order chi connectivity index (χ0) is 13.8. The van der Waals surface area contributed by atoms with Crippen molar-refractivity contribution in [3.05, 3.63) is 27.9 Å². The number of nitrogens with two attached hydrogens (primary N) is 1. The molecule has 0 aromatic carbocycles. The normalized spacial score (nSPS) is 11.3. The fourth-order valence-electron chi connectivity index (χ4n) is 1.60. The minimum atomic E-state index is -0.449. The Balaban J connectivity index is 2.77. The highest BCUT2D eigenvalue weighted by atomic mass is 16.6. The van der Waals surface area contributed by atoms with Gasteiger partial charge in [-0.25, -0.2) is 4.98 Å². The number of nitrogens with one attached hydrogen (secondary N) is 1. The van der Waals surface area contributed by atoms with Crippen LogP contribution in [-0.4, -0.2) is 22.0 Å². The average molecular weight is 252 g/mol. The first kappa shape index (κ1) is 14.4. The highest BCUT2D eigenvalue weighted by Gasteiger charge is 2.20. The fraction of sp³-hybridized carbons (Fsp3) is 0.583. The smallest absolute Gasteiger partial charge is 0.287 e. The zero-order valence-corrected chi connectivity index (χ0v) is 11.1. The van der Waals surface area contributed by atoms with Crippen LogP contribution in [0.5, 0.6) is 0 Å². The van der Waals surface area contributed by atoms with Gasteiger partial charge in [0.2, 0.25) is 0 Å². The standard InChI is InChI=1S/C12H20N4O2/c1-4-12(13,5-2)8-15-11-9(3)6-10(7-14-11)16(17)18/h6-7H,4-5,8,13H2,1-3H3,(H,14,15). The predicted molar refractivity (Wildman–Crippen MR) is 71.6 cm³/mol. The number of hydrogen-bond donors (Lipinski definition) is 2. The summed E-state index contributed by atoms with van der Waals surface area (Å²) in [5.74, 6) is 0.650. The first-order chi connectivity index (χ1) is 8.41. The van der Waals surface area contributed by atoms with Gasteiger partial charge in [0.25, 0.3) is 5.69 Å². The number of nitro groups is 1. The largest absolute Gasteiger partial charge is 0.368 e. The van der Waals surface area contributed by atoms with Crippen LogP contribution in [0.25, 0.3) is 0 Å². The van der Waals surface area contributed by atoms with Crippen LogP contribution in [0.1, 0.15) is 32.3 Å². The van der Waals surface area contributed by atoms with Gasteiger partial charge in [-0.2, -0.15) is 0 Å². The lowest BCUT2D eigenvalue weighted by atomic mass is 9.94. The Bertz CT molecular complexity index is 430. The summed E-state index contributed by atoms with van der Waals surface area (Å²) in [6.45, 7) is 6.48. The van der Waals surface area contributed by atoms with Gasteiger partial charge in [-0.15, -0.1) is 0 Å². The molecule has 0 atom stereocenters. The van der Waals surface area contributed by atoms with Crippen molar-refractivity contribution < 1.29 is 4.92 Å². The fourth-order valence-corrected chi connectivity index (χ4v) is 1.60. The van der Waals surface area contributed by atoms with E-state index < -0.39 is 4.92 Å². The molecule has 0 saturated carbocycles. The van der Waals surface area contributed by atoms with Crippen LogP contribution in [0.15, 0.2) is 12.3 Å². The van der Waals surface area contributed by atoms with Gasteiger partial charge in [-0.3, -0.25) is 10.1 Å². The highest BCUT2D eigenvalue weighted by Crippen LogP contribution is 2.19. The topological polar surface area (TPSA) is 94.1 Å². The maximum absolute atomic E-state index is 10.6. The molecule has 0 spiro atoms. The first-order valence-electron chi connectivity index (χ1n) is 6.05. The van der Waals surface area contributed by atoms with Gasteiger partial charge in [0.1, 0.15) is 12.0 Å². The van der Waals surface area contributed by atoms with Crippen molar-refractivity contribution in [1.29, 1.82) is 0 Å². The van der Waals surface area contributed by atoms with Crippen LogP contribution in [-0.2, 0) is 0 Å². The maximum atomic E-state index is 10.6. The first-order valence-corrected chi connectivity index (χ1v) is 6.05. The molecule has 0 fully saturated rings. The summed E-state index contributed by atoms with van der Waals surface area (Å²) in [6, 6.07) is 1.51. The van der Waals surface area contributed by atoms with Crippen molar-refractivity contribution in [3.63, 3.8) is 0 Å². The van der Waals surface area contributed by atoms with Gasteiger partial charge >= 0.3 is 0 Å². The number of hydrogen-bond acceptors (Lipinski definition) is 5. The molecule has 0 unspecified atom stereocenters. The van der Waals surface area contributed by atoms with E-state index in [0.29, 0.717) is 12.4 Å². The van der Waals surface area contributed by atoms with E-state index in [4.69, 9.17) is 5.73 Å². The number of pyridine rings is 1. The molecule has 6 nitrogen and oxygen atoms in total. The molecule has 1 heterocycles. The van der Waals surface area contributed by atoms with Gasteiger partial charge < -0.3 is 11.1 Å². The lowest BCUT2D eigenvalue weighted by molar-refractivity contribution is -0.385. The second-order valence-electron chi connectivity index (χ2n) is 4.54. The van der Waals surface area contributed by atoms with E-state index in [1.807, 2.05) is 13.8 Å².